The molecule has 0 fully saturated rings. The zero-order valence-electron chi connectivity index (χ0n) is 10.3. The van der Waals surface area contributed by atoms with E-state index in [1.54, 1.807) is 6.26 Å². The molecule has 3 heteroatoms. The highest BCUT2D eigenvalue weighted by Gasteiger charge is 2.13. The molecule has 0 amide bonds. The fraction of sp³-hybridized carbons (Fsp3) is 0.267. The van der Waals surface area contributed by atoms with Crippen molar-refractivity contribution in [1.29, 1.82) is 5.26 Å². The topological polar surface area (TPSA) is 49.0 Å². The summed E-state index contributed by atoms with van der Waals surface area (Å²) in [6, 6.07) is 16.1. The van der Waals surface area contributed by atoms with Crippen molar-refractivity contribution in [2.24, 2.45) is 0 Å². The largest absolute Gasteiger partial charge is 0.468 e. The molecule has 0 aliphatic heterocycles. The van der Waals surface area contributed by atoms with Gasteiger partial charge in [0, 0.05) is 6.54 Å². The van der Waals surface area contributed by atoms with Crippen LogP contribution in [0.4, 0.5) is 0 Å². The van der Waals surface area contributed by atoms with Crippen LogP contribution in [0.25, 0.3) is 0 Å². The van der Waals surface area contributed by atoms with Crippen LogP contribution in [0.5, 0.6) is 0 Å². The Kier molecular flexibility index (Phi) is 4.16. The summed E-state index contributed by atoms with van der Waals surface area (Å²) in [5.74, 6) is 0.753. The number of nitriles is 1. The van der Waals surface area contributed by atoms with Crippen LogP contribution in [-0.4, -0.2) is 6.54 Å². The Bertz CT molecular complexity index is 499. The highest BCUT2D eigenvalue weighted by atomic mass is 16.3. The Balaban J connectivity index is 1.95. The van der Waals surface area contributed by atoms with Gasteiger partial charge in [-0.3, -0.25) is 0 Å². The quantitative estimate of drug-likeness (QED) is 0.872. The summed E-state index contributed by atoms with van der Waals surface area (Å²) in [7, 11) is 0. The molecule has 92 valence electrons. The second-order valence-corrected chi connectivity index (χ2v) is 4.24. The van der Waals surface area contributed by atoms with E-state index in [0.29, 0.717) is 6.54 Å². The van der Waals surface area contributed by atoms with E-state index >= 15 is 0 Å². The highest BCUT2D eigenvalue weighted by Crippen LogP contribution is 2.17. The molecule has 0 aliphatic rings. The maximum absolute atomic E-state index is 9.21. The van der Waals surface area contributed by atoms with Crippen LogP contribution in [0.1, 0.15) is 30.2 Å². The van der Waals surface area contributed by atoms with E-state index in [1.807, 2.05) is 49.4 Å². The Labute approximate surface area is 107 Å². The maximum Gasteiger partial charge on any atom is 0.120 e. The molecule has 2 rings (SSSR count). The average molecular weight is 240 g/mol. The Morgan fingerprint density at radius 1 is 1.22 bits per heavy atom. The molecule has 1 aromatic heterocycles. The zero-order chi connectivity index (χ0) is 12.8. The number of furan rings is 1. The van der Waals surface area contributed by atoms with Crippen molar-refractivity contribution in [2.45, 2.75) is 18.9 Å². The normalized spacial score (nSPS) is 13.8. The smallest absolute Gasteiger partial charge is 0.120 e. The molecule has 0 spiro atoms. The summed E-state index contributed by atoms with van der Waals surface area (Å²) in [5, 5.41) is 12.5. The van der Waals surface area contributed by atoms with E-state index in [-0.39, 0.29) is 12.0 Å². The van der Waals surface area contributed by atoms with Crippen LogP contribution in [-0.2, 0) is 0 Å². The summed E-state index contributed by atoms with van der Waals surface area (Å²) in [6.45, 7) is 2.64. The van der Waals surface area contributed by atoms with Gasteiger partial charge in [0.2, 0.25) is 0 Å². The third-order valence-corrected chi connectivity index (χ3v) is 2.96. The lowest BCUT2D eigenvalue weighted by molar-refractivity contribution is 0.428. The van der Waals surface area contributed by atoms with Gasteiger partial charge in [-0.25, -0.2) is 0 Å². The van der Waals surface area contributed by atoms with Crippen molar-refractivity contribution in [3.05, 3.63) is 60.1 Å². The lowest BCUT2D eigenvalue weighted by Gasteiger charge is -2.14. The van der Waals surface area contributed by atoms with Crippen LogP contribution in [0.2, 0.25) is 0 Å². The standard InChI is InChI=1S/C15H16N2O/c1-12(15-8-5-9-18-15)17-11-14(10-16)13-6-3-2-4-7-13/h2-9,12,14,17H,11H2,1H3. The molecule has 0 saturated heterocycles. The molecule has 18 heavy (non-hydrogen) atoms. The Morgan fingerprint density at radius 2 is 2.00 bits per heavy atom. The van der Waals surface area contributed by atoms with Crippen molar-refractivity contribution >= 4 is 0 Å². The number of hydrogen-bond acceptors (Lipinski definition) is 3. The van der Waals surface area contributed by atoms with Crippen LogP contribution >= 0.6 is 0 Å². The van der Waals surface area contributed by atoms with E-state index in [9.17, 15) is 5.26 Å². The summed E-state index contributed by atoms with van der Waals surface area (Å²) >= 11 is 0. The minimum atomic E-state index is -0.136. The van der Waals surface area contributed by atoms with Crippen molar-refractivity contribution < 1.29 is 4.42 Å². The first kappa shape index (κ1) is 12.4. The number of benzene rings is 1. The molecule has 0 aliphatic carbocycles. The van der Waals surface area contributed by atoms with Gasteiger partial charge in [0.1, 0.15) is 5.76 Å². The van der Waals surface area contributed by atoms with E-state index in [1.165, 1.54) is 0 Å². The highest BCUT2D eigenvalue weighted by molar-refractivity contribution is 5.25. The van der Waals surface area contributed by atoms with Crippen molar-refractivity contribution in [3.63, 3.8) is 0 Å². The first-order valence-electron chi connectivity index (χ1n) is 6.02. The van der Waals surface area contributed by atoms with Crippen LogP contribution < -0.4 is 5.32 Å². The molecule has 0 bridgehead atoms. The maximum atomic E-state index is 9.21. The molecule has 1 aromatic carbocycles. The van der Waals surface area contributed by atoms with Crippen molar-refractivity contribution in [1.82, 2.24) is 5.32 Å². The molecule has 2 atom stereocenters. The summed E-state index contributed by atoms with van der Waals surface area (Å²) in [6.07, 6.45) is 1.66. The second kappa shape index (κ2) is 6.04. The SMILES string of the molecule is CC(NCC(C#N)c1ccccc1)c1ccco1. The molecule has 2 unspecified atom stereocenters. The predicted octanol–water partition coefficient (Wildman–Crippen LogP) is 3.24. The number of nitrogens with one attached hydrogen (secondary N) is 1. The molecular formula is C15H16N2O. The number of nitrogens with zero attached hydrogens (tertiary/aromatic N) is 1. The molecule has 1 heterocycles. The van der Waals surface area contributed by atoms with Crippen LogP contribution in [0, 0.1) is 11.3 Å². The molecule has 2 aromatic rings. The fourth-order valence-corrected chi connectivity index (χ4v) is 1.86. The lowest BCUT2D eigenvalue weighted by Crippen LogP contribution is -2.23. The van der Waals surface area contributed by atoms with E-state index < -0.39 is 0 Å². The minimum absolute atomic E-state index is 0.111. The molecule has 3 nitrogen and oxygen atoms in total. The summed E-state index contributed by atoms with van der Waals surface area (Å²) in [5.41, 5.74) is 1.04. The number of hydrogen-bond donors (Lipinski definition) is 1. The fourth-order valence-electron chi connectivity index (χ4n) is 1.86. The third-order valence-electron chi connectivity index (χ3n) is 2.96. The average Bonchev–Trinajstić information content (AvgIpc) is 2.94. The Morgan fingerprint density at radius 3 is 2.61 bits per heavy atom. The summed E-state index contributed by atoms with van der Waals surface area (Å²) in [4.78, 5) is 0. The van der Waals surface area contributed by atoms with Crippen molar-refractivity contribution in [3.8, 4) is 6.07 Å². The first-order chi connectivity index (χ1) is 8.81. The van der Waals surface area contributed by atoms with E-state index in [2.05, 4.69) is 11.4 Å². The van der Waals surface area contributed by atoms with Crippen LogP contribution in [0.15, 0.2) is 53.1 Å². The van der Waals surface area contributed by atoms with Crippen LogP contribution in [0.3, 0.4) is 0 Å². The third kappa shape index (κ3) is 2.99. The van der Waals surface area contributed by atoms with Gasteiger partial charge in [0.05, 0.1) is 24.3 Å². The minimum Gasteiger partial charge on any atom is -0.468 e. The van der Waals surface area contributed by atoms with Gasteiger partial charge in [-0.05, 0) is 24.6 Å². The first-order valence-corrected chi connectivity index (χ1v) is 6.02. The van der Waals surface area contributed by atoms with Crippen molar-refractivity contribution in [2.75, 3.05) is 6.54 Å². The summed E-state index contributed by atoms with van der Waals surface area (Å²) < 4.78 is 5.32. The number of rotatable bonds is 5. The Hall–Kier alpha value is -2.05. The predicted molar refractivity (Wildman–Crippen MR) is 69.9 cm³/mol. The van der Waals surface area contributed by atoms with Gasteiger partial charge in [0.15, 0.2) is 0 Å². The molecule has 0 radical (unpaired) electrons. The van der Waals surface area contributed by atoms with Gasteiger partial charge in [-0.15, -0.1) is 0 Å². The van der Waals surface area contributed by atoms with E-state index in [0.717, 1.165) is 11.3 Å². The zero-order valence-corrected chi connectivity index (χ0v) is 10.3. The second-order valence-electron chi connectivity index (χ2n) is 4.24. The molecule has 1 N–H and O–H groups in total. The molecular weight excluding hydrogens is 224 g/mol. The lowest BCUT2D eigenvalue weighted by atomic mass is 10.0. The monoisotopic (exact) mass is 240 g/mol. The van der Waals surface area contributed by atoms with Gasteiger partial charge >= 0.3 is 0 Å². The van der Waals surface area contributed by atoms with Gasteiger partial charge < -0.3 is 9.73 Å². The van der Waals surface area contributed by atoms with Gasteiger partial charge in [-0.2, -0.15) is 5.26 Å². The van der Waals surface area contributed by atoms with Gasteiger partial charge in [0.25, 0.3) is 0 Å². The molecule has 0 saturated carbocycles. The van der Waals surface area contributed by atoms with E-state index in [4.69, 9.17) is 4.42 Å². The van der Waals surface area contributed by atoms with Gasteiger partial charge in [-0.1, -0.05) is 30.3 Å².